The molecule has 2 rings (SSSR count). The minimum absolute atomic E-state index is 0.337. The van der Waals surface area contributed by atoms with Crippen LogP contribution in [0.25, 0.3) is 0 Å². The molecule has 1 aliphatic rings. The second kappa shape index (κ2) is 2.08. The summed E-state index contributed by atoms with van der Waals surface area (Å²) >= 11 is 0. The number of carbonyl (C=O) groups excluding carboxylic acids is 1. The van der Waals surface area contributed by atoms with Gasteiger partial charge in [0.2, 0.25) is 0 Å². The second-order valence-corrected chi connectivity index (χ2v) is 3.04. The minimum Gasteiger partial charge on any atom is -0.436 e. The van der Waals surface area contributed by atoms with Crippen LogP contribution >= 0.6 is 0 Å². The molecule has 1 aliphatic heterocycles. The molecule has 3 heteroatoms. The van der Waals surface area contributed by atoms with Gasteiger partial charge >= 0.3 is 5.97 Å². The third-order valence-corrected chi connectivity index (χ3v) is 1.99. The highest BCUT2D eigenvalue weighted by Crippen LogP contribution is 2.31. The summed E-state index contributed by atoms with van der Waals surface area (Å²) in [5, 5.41) is 0. The van der Waals surface area contributed by atoms with Crippen molar-refractivity contribution in [2.24, 2.45) is 5.73 Å². The van der Waals surface area contributed by atoms with E-state index in [1.54, 1.807) is 25.1 Å². The Kier molecular flexibility index (Phi) is 1.26. The van der Waals surface area contributed by atoms with Gasteiger partial charge in [0, 0.05) is 5.56 Å². The Labute approximate surface area is 70.1 Å². The number of benzene rings is 1. The predicted octanol–water partition coefficient (Wildman–Crippen LogP) is 0.988. The molecule has 1 aromatic carbocycles. The Morgan fingerprint density at radius 2 is 2.08 bits per heavy atom. The van der Waals surface area contributed by atoms with E-state index in [9.17, 15) is 4.79 Å². The van der Waals surface area contributed by atoms with Gasteiger partial charge in [-0.2, -0.15) is 0 Å². The van der Waals surface area contributed by atoms with E-state index >= 15 is 0 Å². The Balaban J connectivity index is 2.66. The molecule has 1 atom stereocenters. The van der Waals surface area contributed by atoms with E-state index in [1.165, 1.54) is 0 Å². The predicted molar refractivity (Wildman–Crippen MR) is 43.4 cm³/mol. The number of nitrogens with two attached hydrogens (primary N) is 1. The largest absolute Gasteiger partial charge is 0.436 e. The van der Waals surface area contributed by atoms with Crippen molar-refractivity contribution in [1.29, 1.82) is 0 Å². The first-order valence-corrected chi connectivity index (χ1v) is 3.73. The van der Waals surface area contributed by atoms with Gasteiger partial charge in [-0.1, -0.05) is 18.2 Å². The van der Waals surface area contributed by atoms with Gasteiger partial charge in [-0.3, -0.25) is 5.73 Å². The van der Waals surface area contributed by atoms with Crippen LogP contribution in [0.15, 0.2) is 24.3 Å². The maximum atomic E-state index is 11.2. The number of fused-ring (bicyclic) bond motifs is 1. The van der Waals surface area contributed by atoms with Crippen LogP contribution in [0.2, 0.25) is 0 Å². The lowest BCUT2D eigenvalue weighted by Gasteiger charge is -2.16. The van der Waals surface area contributed by atoms with E-state index in [-0.39, 0.29) is 5.97 Å². The summed E-state index contributed by atoms with van der Waals surface area (Å²) in [6.07, 6.45) is 0. The van der Waals surface area contributed by atoms with Crippen molar-refractivity contribution in [1.82, 2.24) is 0 Å². The number of hydrogen-bond acceptors (Lipinski definition) is 3. The van der Waals surface area contributed by atoms with Gasteiger partial charge in [0.05, 0.1) is 5.56 Å². The molecule has 62 valence electrons. The highest BCUT2D eigenvalue weighted by Gasteiger charge is 2.37. The van der Waals surface area contributed by atoms with Crippen molar-refractivity contribution in [2.45, 2.75) is 12.6 Å². The molecule has 0 saturated carbocycles. The van der Waals surface area contributed by atoms with Crippen LogP contribution in [0.5, 0.6) is 0 Å². The van der Waals surface area contributed by atoms with Crippen molar-refractivity contribution in [3.63, 3.8) is 0 Å². The average molecular weight is 163 g/mol. The summed E-state index contributed by atoms with van der Waals surface area (Å²) in [5.74, 6) is -0.337. The van der Waals surface area contributed by atoms with Crippen LogP contribution in [0.4, 0.5) is 0 Å². The summed E-state index contributed by atoms with van der Waals surface area (Å²) in [5.41, 5.74) is 6.12. The number of hydrogen-bond donors (Lipinski definition) is 1. The van der Waals surface area contributed by atoms with Crippen LogP contribution in [0.1, 0.15) is 22.8 Å². The average Bonchev–Trinajstić information content (AvgIpc) is 2.25. The van der Waals surface area contributed by atoms with E-state index < -0.39 is 5.72 Å². The fourth-order valence-electron chi connectivity index (χ4n) is 1.40. The molecule has 0 unspecified atom stereocenters. The lowest BCUT2D eigenvalue weighted by molar-refractivity contribution is 0.00403. The maximum Gasteiger partial charge on any atom is 0.340 e. The number of rotatable bonds is 0. The van der Waals surface area contributed by atoms with Gasteiger partial charge in [-0.05, 0) is 13.0 Å². The molecular weight excluding hydrogens is 154 g/mol. The Bertz CT molecular complexity index is 344. The van der Waals surface area contributed by atoms with Gasteiger partial charge < -0.3 is 4.74 Å². The molecule has 2 N–H and O–H groups in total. The third kappa shape index (κ3) is 0.833. The molecule has 3 nitrogen and oxygen atoms in total. The number of carbonyl (C=O) groups is 1. The molecular formula is C9H9NO2. The Morgan fingerprint density at radius 1 is 1.42 bits per heavy atom. The molecule has 0 saturated heterocycles. The van der Waals surface area contributed by atoms with Crippen LogP contribution in [0.3, 0.4) is 0 Å². The fraction of sp³-hybridized carbons (Fsp3) is 0.222. The quantitative estimate of drug-likeness (QED) is 0.580. The first-order chi connectivity index (χ1) is 5.61. The smallest absolute Gasteiger partial charge is 0.340 e. The molecule has 0 aliphatic carbocycles. The van der Waals surface area contributed by atoms with Crippen LogP contribution < -0.4 is 5.73 Å². The zero-order chi connectivity index (χ0) is 8.77. The van der Waals surface area contributed by atoms with Crippen LogP contribution in [0, 0.1) is 0 Å². The number of ether oxygens (including phenoxy) is 1. The fourth-order valence-corrected chi connectivity index (χ4v) is 1.40. The Hall–Kier alpha value is -1.35. The third-order valence-electron chi connectivity index (χ3n) is 1.99. The Morgan fingerprint density at radius 3 is 2.75 bits per heavy atom. The van der Waals surface area contributed by atoms with Crippen LogP contribution in [-0.4, -0.2) is 5.97 Å². The van der Waals surface area contributed by atoms with Crippen molar-refractivity contribution in [2.75, 3.05) is 0 Å². The minimum atomic E-state index is -0.951. The number of cyclic esters (lactones) is 1. The number of esters is 1. The summed E-state index contributed by atoms with van der Waals surface area (Å²) in [4.78, 5) is 11.2. The molecule has 0 radical (unpaired) electrons. The van der Waals surface area contributed by atoms with E-state index in [4.69, 9.17) is 10.5 Å². The first kappa shape index (κ1) is 7.31. The monoisotopic (exact) mass is 163 g/mol. The summed E-state index contributed by atoms with van der Waals surface area (Å²) < 4.78 is 4.96. The van der Waals surface area contributed by atoms with Crippen molar-refractivity contribution in [3.05, 3.63) is 35.4 Å². The van der Waals surface area contributed by atoms with Gasteiger partial charge in [0.15, 0.2) is 5.72 Å². The normalized spacial score (nSPS) is 26.7. The van der Waals surface area contributed by atoms with Gasteiger partial charge in [-0.15, -0.1) is 0 Å². The zero-order valence-corrected chi connectivity index (χ0v) is 6.70. The molecule has 0 bridgehead atoms. The molecule has 1 heterocycles. The van der Waals surface area contributed by atoms with E-state index in [1.807, 2.05) is 6.07 Å². The van der Waals surface area contributed by atoms with E-state index in [2.05, 4.69) is 0 Å². The standard InChI is InChI=1S/C9H9NO2/c1-9(10)7-5-3-2-4-6(7)8(11)12-9/h2-5H,10H2,1H3/t9-/m0/s1. The molecule has 0 amide bonds. The van der Waals surface area contributed by atoms with Gasteiger partial charge in [-0.25, -0.2) is 4.79 Å². The topological polar surface area (TPSA) is 52.3 Å². The highest BCUT2D eigenvalue weighted by atomic mass is 16.6. The second-order valence-electron chi connectivity index (χ2n) is 3.04. The molecule has 1 aromatic rings. The zero-order valence-electron chi connectivity index (χ0n) is 6.70. The summed E-state index contributed by atoms with van der Waals surface area (Å²) in [7, 11) is 0. The van der Waals surface area contributed by atoms with Crippen LogP contribution in [-0.2, 0) is 10.5 Å². The lowest BCUT2D eigenvalue weighted by atomic mass is 10.0. The van der Waals surface area contributed by atoms with Gasteiger partial charge in [0.25, 0.3) is 0 Å². The van der Waals surface area contributed by atoms with E-state index in [0.717, 1.165) is 5.56 Å². The lowest BCUT2D eigenvalue weighted by Crippen LogP contribution is -2.32. The molecule has 0 spiro atoms. The van der Waals surface area contributed by atoms with Crippen molar-refractivity contribution in [3.8, 4) is 0 Å². The van der Waals surface area contributed by atoms with E-state index in [0.29, 0.717) is 5.56 Å². The maximum absolute atomic E-state index is 11.2. The summed E-state index contributed by atoms with van der Waals surface area (Å²) in [6, 6.07) is 7.16. The summed E-state index contributed by atoms with van der Waals surface area (Å²) in [6.45, 7) is 1.68. The van der Waals surface area contributed by atoms with Gasteiger partial charge in [0.1, 0.15) is 0 Å². The van der Waals surface area contributed by atoms with Crippen molar-refractivity contribution < 1.29 is 9.53 Å². The molecule has 0 fully saturated rings. The highest BCUT2D eigenvalue weighted by molar-refractivity contribution is 5.94. The first-order valence-electron chi connectivity index (χ1n) is 3.73. The molecule has 0 aromatic heterocycles. The van der Waals surface area contributed by atoms with Crippen molar-refractivity contribution >= 4 is 5.97 Å². The molecule has 12 heavy (non-hydrogen) atoms. The SMILES string of the molecule is C[C@]1(N)OC(=O)c2ccccc21.